The lowest BCUT2D eigenvalue weighted by atomic mass is 9.84. The second-order valence-corrected chi connectivity index (χ2v) is 7.65. The lowest BCUT2D eigenvalue weighted by Gasteiger charge is -2.22. The Morgan fingerprint density at radius 1 is 0.889 bits per heavy atom. The van der Waals surface area contributed by atoms with E-state index in [1.165, 1.54) is 44.5 Å². The van der Waals surface area contributed by atoms with Gasteiger partial charge in [-0.2, -0.15) is 0 Å². The fraction of sp³-hybridized carbons (Fsp3) is 0.208. The molecule has 0 saturated heterocycles. The van der Waals surface area contributed by atoms with Crippen molar-refractivity contribution < 1.29 is 4.70 Å². The van der Waals surface area contributed by atoms with Gasteiger partial charge in [-0.1, -0.05) is 28.5 Å². The van der Waals surface area contributed by atoms with Crippen molar-refractivity contribution in [1.29, 1.82) is 0 Å². The van der Waals surface area contributed by atoms with Crippen LogP contribution in [-0.4, -0.2) is 9.68 Å². The number of benzene rings is 2. The summed E-state index contributed by atoms with van der Waals surface area (Å²) in [6.45, 7) is 8.77. The van der Waals surface area contributed by atoms with Gasteiger partial charge in [-0.3, -0.25) is 0 Å². The van der Waals surface area contributed by atoms with Gasteiger partial charge in [-0.25, -0.2) is 4.98 Å². The summed E-state index contributed by atoms with van der Waals surface area (Å²) in [6.07, 6.45) is 5.95. The van der Waals surface area contributed by atoms with E-state index in [1.54, 1.807) is 0 Å². The molecule has 27 heavy (non-hydrogen) atoms. The first-order valence-corrected chi connectivity index (χ1v) is 9.39. The molecule has 0 saturated carbocycles. The summed E-state index contributed by atoms with van der Waals surface area (Å²) in [5.41, 5.74) is 12.5. The molecule has 0 aliphatic carbocycles. The number of fused-ring (bicyclic) bond motifs is 6. The van der Waals surface area contributed by atoms with Crippen LogP contribution in [0.3, 0.4) is 0 Å². The zero-order valence-corrected chi connectivity index (χ0v) is 16.1. The molecule has 2 aliphatic heterocycles. The van der Waals surface area contributed by atoms with Crippen LogP contribution in [0.2, 0.25) is 0 Å². The summed E-state index contributed by atoms with van der Waals surface area (Å²) in [4.78, 5) is 4.70. The van der Waals surface area contributed by atoms with E-state index in [0.717, 1.165) is 11.4 Å². The molecule has 0 amide bonds. The Balaban J connectivity index is 1.81. The molecule has 3 heteroatoms. The molecule has 0 fully saturated rings. The first-order valence-electron chi connectivity index (χ1n) is 9.39. The third kappa shape index (κ3) is 2.31. The Labute approximate surface area is 159 Å². The van der Waals surface area contributed by atoms with E-state index in [2.05, 4.69) is 73.9 Å². The van der Waals surface area contributed by atoms with Gasteiger partial charge >= 0.3 is 0 Å². The molecule has 1 aromatic heterocycles. The van der Waals surface area contributed by atoms with Crippen LogP contribution in [0.25, 0.3) is 22.4 Å². The van der Waals surface area contributed by atoms with Crippen LogP contribution in [0.4, 0.5) is 5.69 Å². The number of azo groups is 2. The maximum atomic E-state index is 4.70. The normalized spacial score (nSPS) is 16.6. The van der Waals surface area contributed by atoms with Crippen molar-refractivity contribution >= 4 is 5.69 Å². The molecule has 2 aromatic carbocycles. The predicted octanol–water partition coefficient (Wildman–Crippen LogP) is 6.33. The van der Waals surface area contributed by atoms with Gasteiger partial charge in [0.15, 0.2) is 0 Å². The Morgan fingerprint density at radius 2 is 1.63 bits per heavy atom. The van der Waals surface area contributed by atoms with Gasteiger partial charge < -0.3 is 0 Å². The van der Waals surface area contributed by atoms with Crippen molar-refractivity contribution in [3.05, 3.63) is 82.7 Å². The molecule has 0 N–H and O–H groups in total. The van der Waals surface area contributed by atoms with E-state index in [1.807, 2.05) is 18.5 Å². The fourth-order valence-corrected chi connectivity index (χ4v) is 4.72. The van der Waals surface area contributed by atoms with Gasteiger partial charge in [-0.05, 0) is 72.8 Å². The number of aryl methyl sites for hydroxylation is 4. The summed E-state index contributed by atoms with van der Waals surface area (Å²) >= 11 is 0. The molecule has 3 nitrogen and oxygen atoms in total. The zero-order valence-electron chi connectivity index (χ0n) is 16.1. The van der Waals surface area contributed by atoms with Crippen molar-refractivity contribution in [2.75, 3.05) is 0 Å². The summed E-state index contributed by atoms with van der Waals surface area (Å²) < 4.78 is 2.09. The van der Waals surface area contributed by atoms with Gasteiger partial charge in [-0.15, -0.1) is 0 Å². The Morgan fingerprint density at radius 3 is 2.41 bits per heavy atom. The number of pyridine rings is 1. The van der Waals surface area contributed by atoms with Crippen molar-refractivity contribution in [3.8, 4) is 22.4 Å². The van der Waals surface area contributed by atoms with Crippen LogP contribution in [-0.2, 0) is 0 Å². The largest absolute Gasteiger partial charge is 0.259 e. The van der Waals surface area contributed by atoms with Gasteiger partial charge in [0.1, 0.15) is 5.69 Å². The SMILES string of the molecule is Cc1cc(C)c(-c2cc(C)c3c(c2)C2C=CN=[N+]2c2cccnc2-3)c(C)c1. The summed E-state index contributed by atoms with van der Waals surface area (Å²) in [6, 6.07) is 13.4. The van der Waals surface area contributed by atoms with Crippen LogP contribution in [0.15, 0.2) is 60.0 Å². The number of rotatable bonds is 1. The predicted molar refractivity (Wildman–Crippen MR) is 108 cm³/mol. The standard InChI is InChI=1S/C24H22N3/c1-14-10-15(2)22(16(3)11-14)18-12-17(4)23-19(13-18)20-7-9-26-27(20)21-6-5-8-25-24(21)23/h5-13,20H,1-4H3/q+1. The lowest BCUT2D eigenvalue weighted by molar-refractivity contribution is -0.537. The molecule has 1 unspecified atom stereocenters. The third-order valence-corrected chi connectivity index (χ3v) is 5.64. The minimum absolute atomic E-state index is 0.140. The Hall–Kier alpha value is -3.07. The molecule has 3 heterocycles. The van der Waals surface area contributed by atoms with E-state index in [9.17, 15) is 0 Å². The molecule has 3 aromatic rings. The molecule has 0 bridgehead atoms. The van der Waals surface area contributed by atoms with E-state index < -0.39 is 0 Å². The maximum absolute atomic E-state index is 4.70. The second kappa shape index (κ2) is 5.71. The van der Waals surface area contributed by atoms with E-state index >= 15 is 0 Å². The van der Waals surface area contributed by atoms with E-state index in [-0.39, 0.29) is 6.04 Å². The van der Waals surface area contributed by atoms with Crippen molar-refractivity contribution in [1.82, 2.24) is 4.98 Å². The topological polar surface area (TPSA) is 28.3 Å². The van der Waals surface area contributed by atoms with Crippen LogP contribution < -0.4 is 0 Å². The van der Waals surface area contributed by atoms with Crippen LogP contribution in [0.1, 0.15) is 33.9 Å². The second-order valence-electron chi connectivity index (χ2n) is 7.65. The third-order valence-electron chi connectivity index (χ3n) is 5.64. The monoisotopic (exact) mass is 352 g/mol. The zero-order chi connectivity index (χ0) is 18.7. The molecule has 2 aliphatic rings. The minimum atomic E-state index is 0.140. The molecule has 0 spiro atoms. The summed E-state index contributed by atoms with van der Waals surface area (Å²) in [5, 5.41) is 4.59. The quantitative estimate of drug-likeness (QED) is 0.470. The maximum Gasteiger partial charge on any atom is 0.259 e. The van der Waals surface area contributed by atoms with Crippen molar-refractivity contribution in [3.63, 3.8) is 0 Å². The molecular formula is C24H22N3+. The average molecular weight is 352 g/mol. The van der Waals surface area contributed by atoms with Crippen molar-refractivity contribution in [2.45, 2.75) is 33.7 Å². The van der Waals surface area contributed by atoms with Crippen LogP contribution >= 0.6 is 0 Å². The van der Waals surface area contributed by atoms with Crippen LogP contribution in [0, 0.1) is 27.7 Å². The first-order chi connectivity index (χ1) is 13.0. The summed E-state index contributed by atoms with van der Waals surface area (Å²) in [5.74, 6) is 0. The Kier molecular flexibility index (Phi) is 3.41. The molecule has 5 rings (SSSR count). The number of hydrogen-bond acceptors (Lipinski definition) is 2. The van der Waals surface area contributed by atoms with E-state index in [4.69, 9.17) is 4.98 Å². The smallest absolute Gasteiger partial charge is 0.249 e. The number of hydrogen-bond donors (Lipinski definition) is 0. The summed E-state index contributed by atoms with van der Waals surface area (Å²) in [7, 11) is 0. The highest BCUT2D eigenvalue weighted by molar-refractivity contribution is 5.82. The molecule has 0 radical (unpaired) electrons. The average Bonchev–Trinajstić information content (AvgIpc) is 3.11. The van der Waals surface area contributed by atoms with Crippen molar-refractivity contribution in [2.24, 2.45) is 5.11 Å². The van der Waals surface area contributed by atoms with Gasteiger partial charge in [0.05, 0.1) is 6.20 Å². The van der Waals surface area contributed by atoms with Gasteiger partial charge in [0.25, 0.3) is 5.69 Å². The molecule has 132 valence electrons. The van der Waals surface area contributed by atoms with E-state index in [0.29, 0.717) is 0 Å². The fourth-order valence-electron chi connectivity index (χ4n) is 4.72. The highest BCUT2D eigenvalue weighted by atomic mass is 15.3. The van der Waals surface area contributed by atoms with Crippen LogP contribution in [0.5, 0.6) is 0 Å². The van der Waals surface area contributed by atoms with Gasteiger partial charge in [0.2, 0.25) is 6.04 Å². The highest BCUT2D eigenvalue weighted by Crippen LogP contribution is 2.47. The number of aromatic nitrogens is 1. The molecular weight excluding hydrogens is 330 g/mol. The minimum Gasteiger partial charge on any atom is -0.249 e. The molecule has 1 atom stereocenters. The first kappa shape index (κ1) is 16.1. The number of nitrogens with zero attached hydrogens (tertiary/aromatic N) is 3. The Bertz CT molecular complexity index is 1150. The lowest BCUT2D eigenvalue weighted by Crippen LogP contribution is -2.16. The highest BCUT2D eigenvalue weighted by Gasteiger charge is 2.39. The van der Waals surface area contributed by atoms with Gasteiger partial charge in [0, 0.05) is 29.5 Å².